The number of aliphatic hydroxyl groups excluding tert-OH is 9. The molecule has 2 aromatic carbocycles. The van der Waals surface area contributed by atoms with Gasteiger partial charge in [-0.1, -0.05) is 67.6 Å². The Hall–Kier alpha value is -5.19. The van der Waals surface area contributed by atoms with E-state index < -0.39 is 252 Å². The molecule has 0 bridgehead atoms. The van der Waals surface area contributed by atoms with Gasteiger partial charge in [0.25, 0.3) is 0 Å². The maximum Gasteiger partial charge on any atom is 0.410 e. The highest BCUT2D eigenvalue weighted by Crippen LogP contribution is 2.44. The normalized spacial score (nSPS) is 42.2. The Balaban J connectivity index is 0.000000240. The number of hydrogen-bond donors (Lipinski definition) is 18. The molecule has 9 aliphatic rings. The van der Waals surface area contributed by atoms with Gasteiger partial charge in [-0.15, -0.1) is 0 Å². The van der Waals surface area contributed by atoms with E-state index in [1.807, 2.05) is 12.1 Å². The number of hydrogen-bond acceptors (Lipinski definition) is 31. The van der Waals surface area contributed by atoms with E-state index in [2.05, 4.69) is 20.9 Å². The van der Waals surface area contributed by atoms with Crippen LogP contribution in [0.2, 0.25) is 0 Å². The van der Waals surface area contributed by atoms with E-state index in [0.717, 1.165) is 0 Å². The number of ether oxygens (including phenoxy) is 13. The van der Waals surface area contributed by atoms with Crippen LogP contribution >= 0.6 is 0 Å². The number of carbonyl (C=O) groups excluding carboxylic acids is 3. The number of nitrogens with one attached hydrogen (secondary N) is 3. The average molecular weight is 1480 g/mol. The number of amides is 3. The van der Waals surface area contributed by atoms with E-state index in [1.165, 1.54) is 19.0 Å². The Morgan fingerprint density at radius 3 is 1.68 bits per heavy atom. The summed E-state index contributed by atoms with van der Waals surface area (Å²) in [5.74, 6) is -0.905. The van der Waals surface area contributed by atoms with Crippen LogP contribution in [0.4, 0.5) is 23.2 Å². The number of likely N-dealkylation sites (N-methyl/N-ethyl adjacent to an activating group) is 2. The number of rotatable bonds is 19. The highest BCUT2D eigenvalue weighted by Gasteiger charge is 2.62. The molecule has 2 aromatic rings. The quantitative estimate of drug-likeness (QED) is 0.0269. The fourth-order valence-corrected chi connectivity index (χ4v) is 13.8. The molecule has 11 rings (SSSR count). The maximum atomic E-state index is 16.5. The number of aliphatic hydroxyl groups is 9. The van der Waals surface area contributed by atoms with Crippen molar-refractivity contribution in [3.05, 3.63) is 71.8 Å². The maximum absolute atomic E-state index is 16.5. The van der Waals surface area contributed by atoms with Crippen molar-refractivity contribution in [1.29, 1.82) is 0 Å². The van der Waals surface area contributed by atoms with E-state index in [-0.39, 0.29) is 44.9 Å². The minimum Gasteiger partial charge on any atom is -0.445 e. The first-order chi connectivity index (χ1) is 49.8. The standard InChI is InChI=1S/C39H51FN4O15.C22H42FN7O10.B6/c1-18-13-23-32(33-27(44(2)39(51)58-33)35(54-23)59-36-30(48)29(47)26(41)24(15-45)55-36)57-34(18)56-31-22(43-38(50)53-17-20-11-7-4-8-12-20)14-21(28(46)25(31)40)42-37(49)52-16-19-9-5-3-6-10-19;1-29-12-15(34)18-8(3-7(26)19(39-18)38-17-6(25)2-5(24)13(32)10(17)23)36-20(12)40-21-16(35)14(33)11(30-22(27)28)9(4-31)37-21;1-5(2)6(3)4/h3-12,18,21-36,45-48H,13-17,41H2,1-2H3,(H,42,49)(H,43,50);5-21,29,31-35H,2-4,24-26H2,1H3,(H4,27,28,30);/t18?,21-,22?,23+,24?,25-,26-,27?,28?,29+,30?,31-,32?,33?,34+,35?,36-;5-,6?,7?,8+,9?,10-,11-,12?,13?,14+,15?,16?,17-,18?,19+,20?,21-;/m11./s1. The zero-order chi connectivity index (χ0) is 76.6. The summed E-state index contributed by atoms with van der Waals surface area (Å²) in [6.07, 6.45) is -35.9. The van der Waals surface area contributed by atoms with Gasteiger partial charge >= 0.3 is 18.3 Å². The molecule has 0 aromatic heterocycles. The van der Waals surface area contributed by atoms with Crippen molar-refractivity contribution in [2.45, 2.75) is 248 Å². The summed E-state index contributed by atoms with van der Waals surface area (Å²) in [5, 5.41) is 102. The first kappa shape index (κ1) is 83.8. The molecule has 3 amide bonds. The summed E-state index contributed by atoms with van der Waals surface area (Å²) in [6, 6.07) is 8.72. The lowest BCUT2D eigenvalue weighted by molar-refractivity contribution is -0.374. The Labute approximate surface area is 609 Å². The molecule has 7 aliphatic heterocycles. The highest BCUT2D eigenvalue weighted by molar-refractivity contribution is 7.76. The van der Waals surface area contributed by atoms with Crippen molar-refractivity contribution >= 4 is 68.0 Å². The fraction of sp³-hybridized carbons (Fsp3) is 0.738. The Morgan fingerprint density at radius 1 is 0.581 bits per heavy atom. The van der Waals surface area contributed by atoms with Crippen molar-refractivity contribution in [2.24, 2.45) is 45.3 Å². The summed E-state index contributed by atoms with van der Waals surface area (Å²) >= 11 is 0. The molecule has 9 fully saturated rings. The topological polar surface area (TPSA) is 561 Å². The number of alkyl carbamates (subject to hydrolysis) is 2. The van der Waals surface area contributed by atoms with Crippen LogP contribution in [0.25, 0.3) is 0 Å². The number of benzene rings is 2. The third-order valence-electron chi connectivity index (χ3n) is 19.8. The van der Waals surface area contributed by atoms with Crippen LogP contribution in [-0.4, -0.2) is 348 Å². The third kappa shape index (κ3) is 20.1. The minimum absolute atomic E-state index is 0.0747. The molecule has 574 valence electrons. The summed E-state index contributed by atoms with van der Waals surface area (Å²) < 4.78 is 108. The summed E-state index contributed by atoms with van der Waals surface area (Å²) in [4.78, 5) is 43.9. The number of guanidine groups is 1. The predicted molar refractivity (Wildman–Crippen MR) is 365 cm³/mol. The smallest absolute Gasteiger partial charge is 0.410 e. The molecule has 7 heterocycles. The number of carbonyl (C=O) groups is 3. The lowest BCUT2D eigenvalue weighted by atomic mass is 8.81. The van der Waals surface area contributed by atoms with Crippen LogP contribution < -0.4 is 50.4 Å². The van der Waals surface area contributed by atoms with Gasteiger partial charge in [-0.05, 0) is 43.9 Å². The summed E-state index contributed by atoms with van der Waals surface area (Å²) in [6.45, 7) is 0.412. The van der Waals surface area contributed by atoms with E-state index in [4.69, 9.17) is 127 Å². The summed E-state index contributed by atoms with van der Waals surface area (Å²) in [5.41, 5.74) is 36.1. The minimum atomic E-state index is -2.17. The third-order valence-corrected chi connectivity index (χ3v) is 19.8. The molecule has 2 aliphatic carbocycles. The second kappa shape index (κ2) is 37.5. The average Bonchev–Trinajstić information content (AvgIpc) is 1.71. The van der Waals surface area contributed by atoms with Gasteiger partial charge in [0, 0.05) is 68.8 Å². The fourth-order valence-electron chi connectivity index (χ4n) is 13.8. The first-order valence-corrected chi connectivity index (χ1v) is 34.3. The second-order valence-electron chi connectivity index (χ2n) is 27.3. The van der Waals surface area contributed by atoms with Crippen LogP contribution in [0.15, 0.2) is 65.7 Å². The first-order valence-electron chi connectivity index (χ1n) is 34.3. The molecule has 0 spiro atoms. The van der Waals surface area contributed by atoms with Gasteiger partial charge in [-0.25, -0.2) is 28.2 Å². The highest BCUT2D eigenvalue weighted by atomic mass is 19.1. The van der Waals surface area contributed by atoms with Crippen molar-refractivity contribution in [3.63, 3.8) is 0 Å². The van der Waals surface area contributed by atoms with Crippen molar-refractivity contribution in [1.82, 2.24) is 20.9 Å². The SMILES string of the molecule is CC1C[C@@H]2OC(O[C@H]3OC(CO)[C@@H](N)[C@H](O)C3O)C3C(OC(=O)N3C)C2O[C@@H]1O[C@@H]1C(NC(=O)OCc2ccccc2)C[C@@H](NC(=O)OCc2ccccc2)C(O)[C@H]1F.CNC1C(O[C@H]2OC(CO)[C@@H](N=C(N)N)[C@H](O)C2O)O[C@H]2CC(N)[C@@H](O[C@@H]3C(N)C[C@@H](N)C(O)[C@H]3F)OC2C1O.[B]B([B])B([B])[B]. The Bertz CT molecular complexity index is 3110. The lowest BCUT2D eigenvalue weighted by Crippen LogP contribution is -2.70. The van der Waals surface area contributed by atoms with Gasteiger partial charge in [-0.2, -0.15) is 0 Å². The van der Waals surface area contributed by atoms with Crippen LogP contribution in [0, 0.1) is 5.92 Å². The Kier molecular flexibility index (Phi) is 29.9. The van der Waals surface area contributed by atoms with Gasteiger partial charge < -0.3 is 158 Å². The van der Waals surface area contributed by atoms with Crippen LogP contribution in [0.1, 0.15) is 43.7 Å². The molecule has 105 heavy (non-hydrogen) atoms. The molecule has 24 N–H and O–H groups in total. The molecule has 36 nitrogen and oxygen atoms in total. The molecule has 34 atom stereocenters. The number of alkyl halides is 2. The number of nitrogens with two attached hydrogens (primary N) is 6. The van der Waals surface area contributed by atoms with E-state index >= 15 is 4.39 Å². The largest absolute Gasteiger partial charge is 0.445 e. The van der Waals surface area contributed by atoms with Gasteiger partial charge in [0.15, 0.2) is 62.1 Å². The van der Waals surface area contributed by atoms with Crippen LogP contribution in [0.5, 0.6) is 0 Å². The molecule has 44 heteroatoms. The predicted octanol–water partition coefficient (Wildman–Crippen LogP) is -8.80. The van der Waals surface area contributed by atoms with Gasteiger partial charge in [0.1, 0.15) is 105 Å². The molecular weight excluding hydrogens is 1390 g/mol. The van der Waals surface area contributed by atoms with Crippen molar-refractivity contribution in [3.8, 4) is 0 Å². The zero-order valence-electron chi connectivity index (χ0n) is 57.7. The van der Waals surface area contributed by atoms with E-state index in [9.17, 15) is 64.7 Å². The van der Waals surface area contributed by atoms with Crippen LogP contribution in [0.3, 0.4) is 0 Å². The van der Waals surface area contributed by atoms with Gasteiger partial charge in [0.2, 0.25) is 0 Å². The van der Waals surface area contributed by atoms with Crippen molar-refractivity contribution < 1.29 is 131 Å². The molecule has 2 saturated carbocycles. The Morgan fingerprint density at radius 2 is 1.10 bits per heavy atom. The van der Waals surface area contributed by atoms with E-state index in [1.54, 1.807) is 55.5 Å². The number of halogens is 2. The zero-order valence-corrected chi connectivity index (χ0v) is 57.7. The molecule has 18 unspecified atom stereocenters. The number of fused-ring (bicyclic) bond motifs is 4. The van der Waals surface area contributed by atoms with Gasteiger partial charge in [0.05, 0.1) is 55.6 Å². The van der Waals surface area contributed by atoms with Gasteiger partial charge in [-0.3, -0.25) is 4.90 Å². The molecule has 8 radical (unpaired) electrons. The van der Waals surface area contributed by atoms with E-state index in [0.29, 0.717) is 11.1 Å². The number of nitrogens with zero attached hydrogens (tertiary/aromatic N) is 2. The molecule has 7 saturated heterocycles. The number of aliphatic imine (C=N–C) groups is 1. The summed E-state index contributed by atoms with van der Waals surface area (Å²) in [7, 11) is 22.8. The molecular formula is C61H93B6F2N11O25. The van der Waals surface area contributed by atoms with Crippen LogP contribution in [-0.2, 0) is 74.8 Å². The second-order valence-corrected chi connectivity index (χ2v) is 27.3. The monoisotopic (exact) mass is 1480 g/mol. The lowest BCUT2D eigenvalue weighted by Gasteiger charge is -2.51. The van der Waals surface area contributed by atoms with Crippen molar-refractivity contribution in [2.75, 3.05) is 27.3 Å².